The van der Waals surface area contributed by atoms with Gasteiger partial charge in [-0.25, -0.2) is 0 Å². The van der Waals surface area contributed by atoms with Crippen molar-refractivity contribution in [3.05, 3.63) is 58.3 Å². The maximum absolute atomic E-state index is 12.3. The number of thiophene rings is 1. The molecule has 1 aliphatic rings. The molecule has 1 fully saturated rings. The monoisotopic (exact) mass is 300 g/mol. The highest BCUT2D eigenvalue weighted by molar-refractivity contribution is 7.12. The summed E-state index contributed by atoms with van der Waals surface area (Å²) in [6.45, 7) is 2.84. The first-order valence-corrected chi connectivity index (χ1v) is 7.77. The summed E-state index contributed by atoms with van der Waals surface area (Å²) >= 11 is 1.42. The minimum Gasteiger partial charge on any atom is -0.378 e. The summed E-state index contributed by atoms with van der Waals surface area (Å²) in [4.78, 5) is 19.4. The fourth-order valence-electron chi connectivity index (χ4n) is 2.23. The summed E-state index contributed by atoms with van der Waals surface area (Å²) in [7, 11) is 0. The smallest absolute Gasteiger partial charge is 0.289 e. The van der Waals surface area contributed by atoms with Crippen LogP contribution in [-0.2, 0) is 4.74 Å². The van der Waals surface area contributed by atoms with Crippen LogP contribution in [0.2, 0.25) is 0 Å². The number of aliphatic imine (C=N–C) groups is 1. The second kappa shape index (κ2) is 6.65. The average molecular weight is 300 g/mol. The predicted molar refractivity (Wildman–Crippen MR) is 84.0 cm³/mol. The summed E-state index contributed by atoms with van der Waals surface area (Å²) in [6.07, 6.45) is 0. The molecule has 1 aromatic carbocycles. The van der Waals surface area contributed by atoms with Gasteiger partial charge in [0, 0.05) is 18.7 Å². The van der Waals surface area contributed by atoms with E-state index in [0.717, 1.165) is 24.5 Å². The summed E-state index contributed by atoms with van der Waals surface area (Å²) in [5.41, 5.74) is 0.962. The lowest BCUT2D eigenvalue weighted by Crippen LogP contribution is -2.41. The zero-order valence-corrected chi connectivity index (χ0v) is 12.4. The van der Waals surface area contributed by atoms with Crippen molar-refractivity contribution >= 4 is 23.1 Å². The van der Waals surface area contributed by atoms with E-state index in [9.17, 15) is 4.79 Å². The van der Waals surface area contributed by atoms with Gasteiger partial charge in [0.1, 0.15) is 5.84 Å². The molecule has 108 valence electrons. The van der Waals surface area contributed by atoms with E-state index >= 15 is 0 Å². The van der Waals surface area contributed by atoms with Crippen LogP contribution in [0.4, 0.5) is 0 Å². The molecular weight excluding hydrogens is 284 g/mol. The van der Waals surface area contributed by atoms with Crippen LogP contribution in [0.25, 0.3) is 0 Å². The molecule has 0 N–H and O–H groups in total. The number of amides is 1. The van der Waals surface area contributed by atoms with Crippen LogP contribution in [-0.4, -0.2) is 42.9 Å². The molecule has 0 radical (unpaired) electrons. The van der Waals surface area contributed by atoms with Gasteiger partial charge in [0.05, 0.1) is 18.1 Å². The lowest BCUT2D eigenvalue weighted by molar-refractivity contribution is 0.0679. The summed E-state index contributed by atoms with van der Waals surface area (Å²) in [6, 6.07) is 13.5. The van der Waals surface area contributed by atoms with E-state index in [0.29, 0.717) is 18.1 Å². The minimum atomic E-state index is -0.185. The average Bonchev–Trinajstić information content (AvgIpc) is 3.09. The Labute approximate surface area is 127 Å². The normalized spacial score (nSPS) is 16.0. The largest absolute Gasteiger partial charge is 0.378 e. The third-order valence-corrected chi connectivity index (χ3v) is 4.14. The zero-order chi connectivity index (χ0) is 14.5. The number of ether oxygens (including phenoxy) is 1. The molecule has 3 rings (SSSR count). The topological polar surface area (TPSA) is 41.9 Å². The Balaban J connectivity index is 1.93. The van der Waals surface area contributed by atoms with E-state index in [4.69, 9.17) is 4.74 Å². The Bertz CT molecular complexity index is 617. The van der Waals surface area contributed by atoms with Crippen molar-refractivity contribution in [2.75, 3.05) is 26.3 Å². The zero-order valence-electron chi connectivity index (χ0n) is 11.6. The van der Waals surface area contributed by atoms with Crippen molar-refractivity contribution in [1.82, 2.24) is 4.90 Å². The van der Waals surface area contributed by atoms with Crippen molar-refractivity contribution in [3.63, 3.8) is 0 Å². The first-order valence-electron chi connectivity index (χ1n) is 6.89. The van der Waals surface area contributed by atoms with Crippen LogP contribution >= 0.6 is 11.3 Å². The number of rotatable bonds is 2. The van der Waals surface area contributed by atoms with Crippen molar-refractivity contribution in [2.24, 2.45) is 4.99 Å². The van der Waals surface area contributed by atoms with Crippen LogP contribution in [0.1, 0.15) is 15.2 Å². The third-order valence-electron chi connectivity index (χ3n) is 3.28. The third kappa shape index (κ3) is 3.37. The molecule has 5 heteroatoms. The van der Waals surface area contributed by atoms with Gasteiger partial charge in [-0.05, 0) is 11.4 Å². The van der Waals surface area contributed by atoms with Gasteiger partial charge in [-0.3, -0.25) is 4.79 Å². The van der Waals surface area contributed by atoms with Crippen molar-refractivity contribution in [3.8, 4) is 0 Å². The first kappa shape index (κ1) is 14.0. The van der Waals surface area contributed by atoms with Crippen molar-refractivity contribution in [2.45, 2.75) is 0 Å². The van der Waals surface area contributed by atoms with E-state index < -0.39 is 0 Å². The number of carbonyl (C=O) groups excluding carboxylic acids is 1. The Morgan fingerprint density at radius 3 is 2.52 bits per heavy atom. The second-order valence-electron chi connectivity index (χ2n) is 4.68. The molecule has 2 heterocycles. The van der Waals surface area contributed by atoms with Gasteiger partial charge in [-0.2, -0.15) is 4.99 Å². The number of hydrogen-bond acceptors (Lipinski definition) is 3. The van der Waals surface area contributed by atoms with Gasteiger partial charge in [0.15, 0.2) is 0 Å². The van der Waals surface area contributed by atoms with E-state index in [1.165, 1.54) is 11.3 Å². The van der Waals surface area contributed by atoms with Gasteiger partial charge in [-0.1, -0.05) is 36.4 Å². The van der Waals surface area contributed by atoms with E-state index in [1.54, 1.807) is 6.07 Å². The van der Waals surface area contributed by atoms with Crippen LogP contribution < -0.4 is 0 Å². The standard InChI is InChI=1S/C16H16N2O2S/c19-16(14-7-4-12-21-14)17-15(13-5-2-1-3-6-13)18-8-10-20-11-9-18/h1-7,12H,8-11H2. The molecule has 0 bridgehead atoms. The Morgan fingerprint density at radius 2 is 1.86 bits per heavy atom. The number of benzene rings is 1. The molecule has 4 nitrogen and oxygen atoms in total. The predicted octanol–water partition coefficient (Wildman–Crippen LogP) is 2.67. The molecule has 0 spiro atoms. The minimum absolute atomic E-state index is 0.185. The molecule has 1 saturated heterocycles. The van der Waals surface area contributed by atoms with Gasteiger partial charge in [-0.15, -0.1) is 11.3 Å². The molecule has 0 aliphatic carbocycles. The van der Waals surface area contributed by atoms with Gasteiger partial charge < -0.3 is 9.64 Å². The van der Waals surface area contributed by atoms with E-state index in [-0.39, 0.29) is 5.91 Å². The Morgan fingerprint density at radius 1 is 1.10 bits per heavy atom. The SMILES string of the molecule is O=C(N=C(c1ccccc1)N1CCOCC1)c1cccs1. The quantitative estimate of drug-likeness (QED) is 0.632. The van der Waals surface area contributed by atoms with Crippen molar-refractivity contribution < 1.29 is 9.53 Å². The molecule has 1 aromatic heterocycles. The molecule has 0 unspecified atom stereocenters. The van der Waals surface area contributed by atoms with Crippen molar-refractivity contribution in [1.29, 1.82) is 0 Å². The number of amidine groups is 1. The summed E-state index contributed by atoms with van der Waals surface area (Å²) in [5.74, 6) is 0.549. The number of hydrogen-bond donors (Lipinski definition) is 0. The fraction of sp³-hybridized carbons (Fsp3) is 0.250. The summed E-state index contributed by atoms with van der Waals surface area (Å²) in [5, 5.41) is 1.89. The molecule has 21 heavy (non-hydrogen) atoms. The second-order valence-corrected chi connectivity index (χ2v) is 5.63. The first-order chi connectivity index (χ1) is 10.3. The van der Waals surface area contributed by atoms with Crippen LogP contribution in [0.15, 0.2) is 52.8 Å². The Kier molecular flexibility index (Phi) is 4.43. The number of nitrogens with zero attached hydrogens (tertiary/aromatic N) is 2. The van der Waals surface area contributed by atoms with Gasteiger partial charge >= 0.3 is 0 Å². The van der Waals surface area contributed by atoms with E-state index in [2.05, 4.69) is 9.89 Å². The van der Waals surface area contributed by atoms with Gasteiger partial charge in [0.2, 0.25) is 0 Å². The molecular formula is C16H16N2O2S. The summed E-state index contributed by atoms with van der Waals surface area (Å²) < 4.78 is 5.38. The maximum atomic E-state index is 12.3. The molecule has 1 aliphatic heterocycles. The lowest BCUT2D eigenvalue weighted by Gasteiger charge is -2.29. The highest BCUT2D eigenvalue weighted by Crippen LogP contribution is 2.14. The number of morpholine rings is 1. The highest BCUT2D eigenvalue weighted by atomic mass is 32.1. The van der Waals surface area contributed by atoms with Crippen LogP contribution in [0, 0.1) is 0 Å². The van der Waals surface area contributed by atoms with Gasteiger partial charge in [0.25, 0.3) is 5.91 Å². The highest BCUT2D eigenvalue weighted by Gasteiger charge is 2.18. The maximum Gasteiger partial charge on any atom is 0.289 e. The molecule has 0 saturated carbocycles. The lowest BCUT2D eigenvalue weighted by atomic mass is 10.2. The fourth-order valence-corrected chi connectivity index (χ4v) is 2.84. The number of carbonyl (C=O) groups is 1. The molecule has 2 aromatic rings. The Hall–Kier alpha value is -1.98. The van der Waals surface area contributed by atoms with E-state index in [1.807, 2.05) is 41.8 Å². The van der Waals surface area contributed by atoms with Crippen LogP contribution in [0.3, 0.4) is 0 Å². The molecule has 0 atom stereocenters. The van der Waals surface area contributed by atoms with Crippen LogP contribution in [0.5, 0.6) is 0 Å². The molecule has 1 amide bonds.